The number of likely N-dealkylation sites (tertiary alicyclic amines) is 1. The van der Waals surface area contributed by atoms with E-state index in [2.05, 4.69) is 23.7 Å². The maximum Gasteiger partial charge on any atom is 0.317 e. The number of nitrogens with one attached hydrogen (secondary N) is 1. The number of hydrogen-bond donors (Lipinski definition) is 1. The molecule has 3 rings (SSSR count). The number of thiophene rings is 1. The van der Waals surface area contributed by atoms with Crippen LogP contribution in [-0.4, -0.2) is 24.0 Å². The van der Waals surface area contributed by atoms with Crippen molar-refractivity contribution in [2.24, 2.45) is 5.92 Å². The van der Waals surface area contributed by atoms with Crippen molar-refractivity contribution in [3.05, 3.63) is 21.9 Å². The van der Waals surface area contributed by atoms with Crippen LogP contribution in [0.3, 0.4) is 0 Å². The molecule has 1 aliphatic carbocycles. The number of fused-ring (bicyclic) bond motifs is 1. The van der Waals surface area contributed by atoms with Crippen molar-refractivity contribution in [2.45, 2.75) is 45.1 Å². The quantitative estimate of drug-likeness (QED) is 0.837. The highest BCUT2D eigenvalue weighted by Gasteiger charge is 2.26. The van der Waals surface area contributed by atoms with E-state index in [1.165, 1.54) is 29.7 Å². The Balaban J connectivity index is 1.64. The van der Waals surface area contributed by atoms with Gasteiger partial charge >= 0.3 is 6.03 Å². The maximum atomic E-state index is 12.4. The minimum absolute atomic E-state index is 0.135. The Morgan fingerprint density at radius 1 is 1.42 bits per heavy atom. The van der Waals surface area contributed by atoms with Gasteiger partial charge in [-0.1, -0.05) is 6.92 Å². The van der Waals surface area contributed by atoms with E-state index in [1.807, 2.05) is 16.2 Å². The number of nitrogens with zero attached hydrogens (tertiary/aromatic N) is 1. The minimum Gasteiger partial charge on any atom is -0.331 e. The molecule has 1 fully saturated rings. The summed E-state index contributed by atoms with van der Waals surface area (Å²) in [6.07, 6.45) is 5.85. The first kappa shape index (κ1) is 13.0. The van der Waals surface area contributed by atoms with Crippen LogP contribution in [-0.2, 0) is 6.42 Å². The molecule has 1 N–H and O–H groups in total. The Morgan fingerprint density at radius 2 is 2.32 bits per heavy atom. The monoisotopic (exact) mass is 278 g/mol. The second kappa shape index (κ2) is 5.53. The summed E-state index contributed by atoms with van der Waals surface area (Å²) in [5.41, 5.74) is 1.36. The molecule has 4 heteroatoms. The van der Waals surface area contributed by atoms with Crippen LogP contribution in [0.5, 0.6) is 0 Å². The molecule has 3 nitrogen and oxygen atoms in total. The minimum atomic E-state index is 0.135. The normalized spacial score (nSPS) is 26.9. The molecule has 0 bridgehead atoms. The number of carbonyl (C=O) groups is 1. The highest BCUT2D eigenvalue weighted by atomic mass is 32.1. The fourth-order valence-corrected chi connectivity index (χ4v) is 4.24. The molecule has 2 heterocycles. The largest absolute Gasteiger partial charge is 0.331 e. The van der Waals surface area contributed by atoms with Crippen LogP contribution in [0.2, 0.25) is 0 Å². The van der Waals surface area contributed by atoms with Gasteiger partial charge in [-0.15, -0.1) is 11.3 Å². The molecule has 2 aliphatic rings. The van der Waals surface area contributed by atoms with Crippen LogP contribution in [0.25, 0.3) is 0 Å². The zero-order chi connectivity index (χ0) is 13.2. The van der Waals surface area contributed by atoms with Gasteiger partial charge in [0.1, 0.15) is 0 Å². The lowest BCUT2D eigenvalue weighted by molar-refractivity contribution is 0.165. The molecule has 2 atom stereocenters. The van der Waals surface area contributed by atoms with E-state index >= 15 is 0 Å². The molecule has 2 unspecified atom stereocenters. The summed E-state index contributed by atoms with van der Waals surface area (Å²) in [4.78, 5) is 15.8. The van der Waals surface area contributed by atoms with E-state index in [9.17, 15) is 4.79 Å². The fourth-order valence-electron chi connectivity index (χ4n) is 3.25. The zero-order valence-electron chi connectivity index (χ0n) is 11.5. The van der Waals surface area contributed by atoms with Gasteiger partial charge in [-0.05, 0) is 55.0 Å². The van der Waals surface area contributed by atoms with Crippen molar-refractivity contribution in [1.82, 2.24) is 10.2 Å². The predicted molar refractivity (Wildman–Crippen MR) is 78.5 cm³/mol. The summed E-state index contributed by atoms with van der Waals surface area (Å²) in [5.74, 6) is 0.641. The van der Waals surface area contributed by atoms with Gasteiger partial charge in [0.05, 0.1) is 6.04 Å². The van der Waals surface area contributed by atoms with E-state index in [1.54, 1.807) is 0 Å². The van der Waals surface area contributed by atoms with Gasteiger partial charge in [-0.25, -0.2) is 4.79 Å². The molecule has 1 aromatic rings. The second-order valence-electron chi connectivity index (χ2n) is 5.89. The van der Waals surface area contributed by atoms with Crippen molar-refractivity contribution < 1.29 is 4.79 Å². The molecule has 0 radical (unpaired) electrons. The summed E-state index contributed by atoms with van der Waals surface area (Å²) >= 11 is 1.83. The molecule has 1 saturated heterocycles. The lowest BCUT2D eigenvalue weighted by Gasteiger charge is -2.33. The molecular weight excluding hydrogens is 256 g/mol. The van der Waals surface area contributed by atoms with E-state index in [4.69, 9.17) is 0 Å². The Bertz CT molecular complexity index is 457. The van der Waals surface area contributed by atoms with Crippen LogP contribution in [0.4, 0.5) is 4.79 Å². The highest BCUT2D eigenvalue weighted by molar-refractivity contribution is 7.10. The van der Waals surface area contributed by atoms with Crippen molar-refractivity contribution in [2.75, 3.05) is 13.1 Å². The third kappa shape index (κ3) is 2.78. The number of piperidine rings is 1. The molecule has 0 aromatic carbocycles. The summed E-state index contributed by atoms with van der Waals surface area (Å²) in [6, 6.07) is 2.55. The molecule has 1 aromatic heterocycles. The van der Waals surface area contributed by atoms with Crippen molar-refractivity contribution in [3.8, 4) is 0 Å². The first-order valence-corrected chi connectivity index (χ1v) is 8.23. The summed E-state index contributed by atoms with van der Waals surface area (Å²) in [6.45, 7) is 4.06. The van der Waals surface area contributed by atoms with E-state index in [0.29, 0.717) is 5.92 Å². The Hall–Kier alpha value is -1.03. The Morgan fingerprint density at radius 3 is 3.16 bits per heavy atom. The Labute approximate surface area is 119 Å². The van der Waals surface area contributed by atoms with E-state index in [0.717, 1.165) is 25.9 Å². The van der Waals surface area contributed by atoms with Crippen molar-refractivity contribution >= 4 is 17.4 Å². The number of urea groups is 1. The standard InChI is InChI=1S/C15H22N2OS/c1-11-4-3-8-17(10-11)15(18)16-13-5-2-6-14-12(13)7-9-19-14/h7,9,11,13H,2-6,8,10H2,1H3,(H,16,18). The number of amides is 2. The number of carbonyl (C=O) groups excluding carboxylic acids is 1. The lowest BCUT2D eigenvalue weighted by Crippen LogP contribution is -2.46. The first-order valence-electron chi connectivity index (χ1n) is 7.36. The average molecular weight is 278 g/mol. The fraction of sp³-hybridized carbons (Fsp3) is 0.667. The van der Waals surface area contributed by atoms with Crippen LogP contribution < -0.4 is 5.32 Å². The molecule has 104 valence electrons. The third-order valence-corrected chi connectivity index (χ3v) is 5.29. The van der Waals surface area contributed by atoms with Gasteiger partial charge < -0.3 is 10.2 Å². The van der Waals surface area contributed by atoms with Gasteiger partial charge in [-0.3, -0.25) is 0 Å². The molecule has 2 amide bonds. The topological polar surface area (TPSA) is 32.3 Å². The van der Waals surface area contributed by atoms with Crippen molar-refractivity contribution in [1.29, 1.82) is 0 Å². The van der Waals surface area contributed by atoms with Gasteiger partial charge in [0, 0.05) is 18.0 Å². The van der Waals surface area contributed by atoms with E-state index in [-0.39, 0.29) is 12.1 Å². The smallest absolute Gasteiger partial charge is 0.317 e. The number of hydrogen-bond acceptors (Lipinski definition) is 2. The number of aryl methyl sites for hydroxylation is 1. The average Bonchev–Trinajstić information content (AvgIpc) is 2.88. The predicted octanol–water partition coefficient (Wildman–Crippen LogP) is 3.57. The second-order valence-corrected chi connectivity index (χ2v) is 6.89. The molecule has 0 spiro atoms. The lowest BCUT2D eigenvalue weighted by atomic mass is 9.94. The SMILES string of the molecule is CC1CCCN(C(=O)NC2CCCc3sccc32)C1. The summed E-state index contributed by atoms with van der Waals surface area (Å²) < 4.78 is 0. The number of rotatable bonds is 1. The zero-order valence-corrected chi connectivity index (χ0v) is 12.3. The third-order valence-electron chi connectivity index (χ3n) is 4.29. The van der Waals surface area contributed by atoms with Gasteiger partial charge in [0.2, 0.25) is 0 Å². The van der Waals surface area contributed by atoms with Gasteiger partial charge in [-0.2, -0.15) is 0 Å². The van der Waals surface area contributed by atoms with Crippen LogP contribution in [0.1, 0.15) is 49.1 Å². The van der Waals surface area contributed by atoms with E-state index < -0.39 is 0 Å². The summed E-state index contributed by atoms with van der Waals surface area (Å²) in [5, 5.41) is 5.40. The first-order chi connectivity index (χ1) is 9.24. The van der Waals surface area contributed by atoms with Crippen LogP contribution in [0, 0.1) is 5.92 Å². The van der Waals surface area contributed by atoms with Gasteiger partial charge in [0.25, 0.3) is 0 Å². The molecular formula is C15H22N2OS. The molecule has 0 saturated carbocycles. The maximum absolute atomic E-state index is 12.4. The van der Waals surface area contributed by atoms with Crippen LogP contribution in [0.15, 0.2) is 11.4 Å². The van der Waals surface area contributed by atoms with Crippen LogP contribution >= 0.6 is 11.3 Å². The molecule has 1 aliphatic heterocycles. The van der Waals surface area contributed by atoms with Gasteiger partial charge in [0.15, 0.2) is 0 Å². The summed E-state index contributed by atoms with van der Waals surface area (Å²) in [7, 11) is 0. The van der Waals surface area contributed by atoms with Crippen molar-refractivity contribution in [3.63, 3.8) is 0 Å². The highest BCUT2D eigenvalue weighted by Crippen LogP contribution is 2.33. The Kier molecular flexibility index (Phi) is 3.78. The molecule has 19 heavy (non-hydrogen) atoms.